The second-order valence-electron chi connectivity index (χ2n) is 4.30. The summed E-state index contributed by atoms with van der Waals surface area (Å²) in [4.78, 5) is 10.9. The highest BCUT2D eigenvalue weighted by Crippen LogP contribution is 2.04. The van der Waals surface area contributed by atoms with E-state index in [0.29, 0.717) is 5.56 Å². The van der Waals surface area contributed by atoms with Crippen molar-refractivity contribution in [2.75, 3.05) is 6.54 Å². The predicted molar refractivity (Wildman–Crippen MR) is 70.8 cm³/mol. The molecule has 0 heterocycles. The van der Waals surface area contributed by atoms with Crippen molar-refractivity contribution >= 4 is 5.91 Å². The van der Waals surface area contributed by atoms with Gasteiger partial charge in [-0.2, -0.15) is 0 Å². The Morgan fingerprint density at radius 3 is 2.47 bits per heavy atom. The zero-order chi connectivity index (χ0) is 12.5. The number of primary amides is 1. The maximum Gasteiger partial charge on any atom is 0.248 e. The molecule has 3 heteroatoms. The van der Waals surface area contributed by atoms with Crippen LogP contribution in [0.1, 0.15) is 48.5 Å². The zero-order valence-corrected chi connectivity index (χ0v) is 10.5. The monoisotopic (exact) mass is 234 g/mol. The van der Waals surface area contributed by atoms with Crippen LogP contribution in [0.2, 0.25) is 0 Å². The standard InChI is InChI=1S/C14H22N2O/c1-2-3-4-5-10-16-11-12-6-8-13(9-7-12)14(15)17/h6-9,16H,2-5,10-11H2,1H3,(H2,15,17). The maximum atomic E-state index is 10.9. The van der Waals surface area contributed by atoms with E-state index in [0.717, 1.165) is 13.1 Å². The predicted octanol–water partition coefficient (Wildman–Crippen LogP) is 2.46. The van der Waals surface area contributed by atoms with Gasteiger partial charge in [-0.25, -0.2) is 0 Å². The lowest BCUT2D eigenvalue weighted by atomic mass is 10.1. The van der Waals surface area contributed by atoms with Gasteiger partial charge in [0.1, 0.15) is 0 Å². The molecule has 0 unspecified atom stereocenters. The van der Waals surface area contributed by atoms with Crippen LogP contribution in [0, 0.1) is 0 Å². The summed E-state index contributed by atoms with van der Waals surface area (Å²) < 4.78 is 0. The number of nitrogens with two attached hydrogens (primary N) is 1. The Morgan fingerprint density at radius 1 is 1.18 bits per heavy atom. The Kier molecular flexibility index (Phi) is 6.33. The summed E-state index contributed by atoms with van der Waals surface area (Å²) in [6.45, 7) is 4.12. The lowest BCUT2D eigenvalue weighted by Crippen LogP contribution is -2.15. The molecule has 0 aliphatic heterocycles. The molecular weight excluding hydrogens is 212 g/mol. The molecule has 0 aromatic heterocycles. The van der Waals surface area contributed by atoms with Crippen molar-refractivity contribution in [2.45, 2.75) is 39.2 Å². The van der Waals surface area contributed by atoms with E-state index in [1.54, 1.807) is 12.1 Å². The molecule has 0 radical (unpaired) electrons. The van der Waals surface area contributed by atoms with Crippen molar-refractivity contribution in [2.24, 2.45) is 5.73 Å². The first-order valence-electron chi connectivity index (χ1n) is 6.33. The van der Waals surface area contributed by atoms with E-state index in [1.165, 1.54) is 31.2 Å². The molecule has 0 atom stereocenters. The van der Waals surface area contributed by atoms with E-state index in [9.17, 15) is 4.79 Å². The molecule has 0 spiro atoms. The molecule has 0 aliphatic rings. The van der Waals surface area contributed by atoms with E-state index in [4.69, 9.17) is 5.73 Å². The molecule has 0 fully saturated rings. The number of hydrogen-bond acceptors (Lipinski definition) is 2. The van der Waals surface area contributed by atoms with Gasteiger partial charge in [0.2, 0.25) is 5.91 Å². The smallest absolute Gasteiger partial charge is 0.248 e. The molecule has 17 heavy (non-hydrogen) atoms. The Bertz CT molecular complexity index is 333. The molecule has 3 nitrogen and oxygen atoms in total. The number of unbranched alkanes of at least 4 members (excludes halogenated alkanes) is 3. The molecular formula is C14H22N2O. The van der Waals surface area contributed by atoms with Crippen LogP contribution in [0.5, 0.6) is 0 Å². The number of carbonyl (C=O) groups excluding carboxylic acids is 1. The number of benzene rings is 1. The molecule has 94 valence electrons. The Balaban J connectivity index is 2.21. The van der Waals surface area contributed by atoms with E-state index in [2.05, 4.69) is 12.2 Å². The summed E-state index contributed by atoms with van der Waals surface area (Å²) in [7, 11) is 0. The van der Waals surface area contributed by atoms with Gasteiger partial charge in [-0.1, -0.05) is 38.3 Å². The van der Waals surface area contributed by atoms with Gasteiger partial charge in [0.15, 0.2) is 0 Å². The highest BCUT2D eigenvalue weighted by atomic mass is 16.1. The number of amides is 1. The summed E-state index contributed by atoms with van der Waals surface area (Å²) in [6.07, 6.45) is 5.11. The largest absolute Gasteiger partial charge is 0.366 e. The van der Waals surface area contributed by atoms with Crippen LogP contribution in [-0.2, 0) is 6.54 Å². The molecule has 0 saturated carbocycles. The van der Waals surface area contributed by atoms with Crippen LogP contribution < -0.4 is 11.1 Å². The Labute approximate surface area is 103 Å². The summed E-state index contributed by atoms with van der Waals surface area (Å²) >= 11 is 0. The first-order valence-corrected chi connectivity index (χ1v) is 6.33. The average molecular weight is 234 g/mol. The van der Waals surface area contributed by atoms with E-state index in [-0.39, 0.29) is 5.91 Å². The Hall–Kier alpha value is -1.35. The second-order valence-corrected chi connectivity index (χ2v) is 4.30. The van der Waals surface area contributed by atoms with Crippen LogP contribution in [0.4, 0.5) is 0 Å². The molecule has 1 aromatic rings. The normalized spacial score (nSPS) is 10.4. The molecule has 1 aromatic carbocycles. The van der Waals surface area contributed by atoms with Crippen molar-refractivity contribution in [3.8, 4) is 0 Å². The first kappa shape index (κ1) is 13.7. The van der Waals surface area contributed by atoms with Crippen LogP contribution >= 0.6 is 0 Å². The average Bonchev–Trinajstić information content (AvgIpc) is 2.34. The summed E-state index contributed by atoms with van der Waals surface area (Å²) in [5.41, 5.74) is 6.93. The number of rotatable bonds is 8. The Morgan fingerprint density at radius 2 is 1.88 bits per heavy atom. The SMILES string of the molecule is CCCCCCNCc1ccc(C(N)=O)cc1. The lowest BCUT2D eigenvalue weighted by Gasteiger charge is -2.05. The summed E-state index contributed by atoms with van der Waals surface area (Å²) in [5.74, 6) is -0.371. The van der Waals surface area contributed by atoms with Crippen molar-refractivity contribution < 1.29 is 4.79 Å². The van der Waals surface area contributed by atoms with Gasteiger partial charge in [0.25, 0.3) is 0 Å². The molecule has 1 rings (SSSR count). The second kappa shape index (κ2) is 7.85. The third-order valence-corrected chi connectivity index (χ3v) is 2.77. The van der Waals surface area contributed by atoms with E-state index in [1.807, 2.05) is 12.1 Å². The van der Waals surface area contributed by atoms with Crippen LogP contribution in [0.25, 0.3) is 0 Å². The third kappa shape index (κ3) is 5.50. The fourth-order valence-corrected chi connectivity index (χ4v) is 1.70. The topological polar surface area (TPSA) is 55.1 Å². The fourth-order valence-electron chi connectivity index (χ4n) is 1.70. The van der Waals surface area contributed by atoms with E-state index < -0.39 is 0 Å². The van der Waals surface area contributed by atoms with Crippen molar-refractivity contribution in [1.82, 2.24) is 5.32 Å². The molecule has 0 aliphatic carbocycles. The molecule has 0 saturated heterocycles. The number of carbonyl (C=O) groups is 1. The van der Waals surface area contributed by atoms with Gasteiger partial charge in [0, 0.05) is 12.1 Å². The maximum absolute atomic E-state index is 10.9. The lowest BCUT2D eigenvalue weighted by molar-refractivity contribution is 0.100. The van der Waals surface area contributed by atoms with Gasteiger partial charge < -0.3 is 11.1 Å². The minimum absolute atomic E-state index is 0.371. The third-order valence-electron chi connectivity index (χ3n) is 2.77. The van der Waals surface area contributed by atoms with Gasteiger partial charge in [0.05, 0.1) is 0 Å². The van der Waals surface area contributed by atoms with Crippen LogP contribution in [-0.4, -0.2) is 12.5 Å². The van der Waals surface area contributed by atoms with Crippen LogP contribution in [0.3, 0.4) is 0 Å². The van der Waals surface area contributed by atoms with Gasteiger partial charge >= 0.3 is 0 Å². The fraction of sp³-hybridized carbons (Fsp3) is 0.500. The van der Waals surface area contributed by atoms with Crippen molar-refractivity contribution in [3.05, 3.63) is 35.4 Å². The first-order chi connectivity index (χ1) is 8.24. The van der Waals surface area contributed by atoms with Gasteiger partial charge in [-0.15, -0.1) is 0 Å². The number of nitrogens with one attached hydrogen (secondary N) is 1. The summed E-state index contributed by atoms with van der Waals surface area (Å²) in [5, 5.41) is 3.39. The minimum Gasteiger partial charge on any atom is -0.366 e. The van der Waals surface area contributed by atoms with E-state index >= 15 is 0 Å². The van der Waals surface area contributed by atoms with Gasteiger partial charge in [-0.3, -0.25) is 4.79 Å². The molecule has 0 bridgehead atoms. The summed E-state index contributed by atoms with van der Waals surface area (Å²) in [6, 6.07) is 7.44. The van der Waals surface area contributed by atoms with Crippen molar-refractivity contribution in [3.63, 3.8) is 0 Å². The zero-order valence-electron chi connectivity index (χ0n) is 10.5. The van der Waals surface area contributed by atoms with Crippen LogP contribution in [0.15, 0.2) is 24.3 Å². The van der Waals surface area contributed by atoms with Crippen molar-refractivity contribution in [1.29, 1.82) is 0 Å². The minimum atomic E-state index is -0.371. The quantitative estimate of drug-likeness (QED) is 0.679. The highest BCUT2D eigenvalue weighted by Gasteiger charge is 1.99. The van der Waals surface area contributed by atoms with Gasteiger partial charge in [-0.05, 0) is 30.7 Å². The molecule has 3 N–H and O–H groups in total. The molecule has 1 amide bonds. The highest BCUT2D eigenvalue weighted by molar-refractivity contribution is 5.92. The number of hydrogen-bond donors (Lipinski definition) is 2.